The van der Waals surface area contributed by atoms with Gasteiger partial charge in [0.15, 0.2) is 5.65 Å². The molecule has 0 unspecified atom stereocenters. The van der Waals surface area contributed by atoms with Crippen molar-refractivity contribution in [3.05, 3.63) is 62.7 Å². The van der Waals surface area contributed by atoms with Crippen molar-refractivity contribution in [2.45, 2.75) is 27.2 Å². The van der Waals surface area contributed by atoms with Gasteiger partial charge in [0.2, 0.25) is 5.91 Å². The van der Waals surface area contributed by atoms with E-state index in [-0.39, 0.29) is 30.1 Å². The van der Waals surface area contributed by atoms with E-state index in [1.54, 1.807) is 35.9 Å². The highest BCUT2D eigenvalue weighted by molar-refractivity contribution is 7.15. The van der Waals surface area contributed by atoms with Crippen LogP contribution in [0.3, 0.4) is 0 Å². The average Bonchev–Trinajstić information content (AvgIpc) is 3.44. The number of hydrogen-bond donors (Lipinski definition) is 2. The van der Waals surface area contributed by atoms with E-state index in [1.807, 2.05) is 6.92 Å². The average molecular weight is 440 g/mol. The molecule has 0 saturated heterocycles. The molecule has 0 bridgehead atoms. The summed E-state index contributed by atoms with van der Waals surface area (Å²) in [6.45, 7) is 5.52. The predicted octanol–water partition coefficient (Wildman–Crippen LogP) is 3.32. The van der Waals surface area contributed by atoms with Crippen molar-refractivity contribution in [1.82, 2.24) is 14.6 Å². The Bertz CT molecular complexity index is 1330. The third kappa shape index (κ3) is 3.89. The van der Waals surface area contributed by atoms with Crippen LogP contribution in [0.2, 0.25) is 0 Å². The number of nitrogens with zero attached hydrogens (tertiary/aromatic N) is 2. The second-order valence-corrected chi connectivity index (χ2v) is 7.73. The molecule has 1 amide bonds. The summed E-state index contributed by atoms with van der Waals surface area (Å²) in [7, 11) is 0. The van der Waals surface area contributed by atoms with Crippen LogP contribution in [-0.4, -0.2) is 33.1 Å². The topological polar surface area (TPSA) is 119 Å². The van der Waals surface area contributed by atoms with Gasteiger partial charge in [0.05, 0.1) is 19.3 Å². The van der Waals surface area contributed by atoms with E-state index >= 15 is 0 Å². The number of thiophene rings is 1. The highest BCUT2D eigenvalue weighted by Crippen LogP contribution is 2.36. The van der Waals surface area contributed by atoms with Gasteiger partial charge in [-0.3, -0.25) is 14.7 Å². The Morgan fingerprint density at radius 3 is 2.87 bits per heavy atom. The molecule has 4 aromatic heterocycles. The Morgan fingerprint density at radius 1 is 1.35 bits per heavy atom. The minimum atomic E-state index is -0.536. The molecule has 4 aromatic rings. The minimum Gasteiger partial charge on any atom is -0.464 e. The predicted molar refractivity (Wildman–Crippen MR) is 116 cm³/mol. The summed E-state index contributed by atoms with van der Waals surface area (Å²) in [6, 6.07) is 4.86. The smallest absolute Gasteiger partial charge is 0.341 e. The first-order valence-electron chi connectivity index (χ1n) is 9.59. The number of hydrogen-bond acceptors (Lipinski definition) is 7. The molecule has 160 valence electrons. The summed E-state index contributed by atoms with van der Waals surface area (Å²) in [5.74, 6) is -0.344. The maximum absolute atomic E-state index is 12.9. The molecule has 10 heteroatoms. The van der Waals surface area contributed by atoms with Crippen LogP contribution in [0.15, 0.2) is 39.1 Å². The number of anilines is 1. The maximum Gasteiger partial charge on any atom is 0.341 e. The van der Waals surface area contributed by atoms with Gasteiger partial charge in [0.1, 0.15) is 16.3 Å². The number of aromatic amines is 1. The van der Waals surface area contributed by atoms with Gasteiger partial charge in [0, 0.05) is 34.0 Å². The number of amides is 1. The third-order valence-electron chi connectivity index (χ3n) is 4.85. The Labute approximate surface area is 180 Å². The molecule has 0 aliphatic carbocycles. The highest BCUT2D eigenvalue weighted by atomic mass is 32.1. The lowest BCUT2D eigenvalue weighted by Gasteiger charge is -2.12. The Kier molecular flexibility index (Phi) is 5.47. The zero-order valence-electron chi connectivity index (χ0n) is 17.1. The summed E-state index contributed by atoms with van der Waals surface area (Å²) in [5.41, 5.74) is 3.11. The molecule has 0 spiro atoms. The van der Waals surface area contributed by atoms with Crippen LogP contribution in [0.5, 0.6) is 0 Å². The quantitative estimate of drug-likeness (QED) is 0.444. The molecule has 31 heavy (non-hydrogen) atoms. The molecule has 0 atom stereocenters. The molecule has 0 saturated carbocycles. The number of furan rings is 1. The normalized spacial score (nSPS) is 11.1. The van der Waals surface area contributed by atoms with E-state index in [1.165, 1.54) is 23.7 Å². The van der Waals surface area contributed by atoms with E-state index in [0.717, 1.165) is 0 Å². The van der Waals surface area contributed by atoms with Gasteiger partial charge in [-0.15, -0.1) is 11.3 Å². The van der Waals surface area contributed by atoms with Crippen molar-refractivity contribution >= 4 is 33.9 Å². The van der Waals surface area contributed by atoms with Crippen LogP contribution in [0, 0.1) is 13.8 Å². The Hall–Kier alpha value is -3.66. The van der Waals surface area contributed by atoms with Crippen LogP contribution in [0.25, 0.3) is 17.0 Å². The van der Waals surface area contributed by atoms with Crippen molar-refractivity contribution in [2.24, 2.45) is 0 Å². The zero-order valence-corrected chi connectivity index (χ0v) is 18.0. The molecule has 0 aromatic carbocycles. The summed E-state index contributed by atoms with van der Waals surface area (Å²) < 4.78 is 12.2. The monoisotopic (exact) mass is 440 g/mol. The molecule has 0 fully saturated rings. The lowest BCUT2D eigenvalue weighted by atomic mass is 10.1. The first kappa shape index (κ1) is 20.6. The standard InChI is InChI=1S/C21H20N4O5S/c1-4-29-21(28)19-14(15-6-5-7-30-15)10-31-20(19)23-17(26)8-13-11(2)22-16-9-18(27)24-25(16)12(13)3/h5-7,9-10H,4,8H2,1-3H3,(H,23,26)(H,24,27). The van der Waals surface area contributed by atoms with Crippen LogP contribution in [0.4, 0.5) is 5.00 Å². The zero-order chi connectivity index (χ0) is 22.1. The molecule has 4 rings (SSSR count). The van der Waals surface area contributed by atoms with Gasteiger partial charge in [-0.2, -0.15) is 0 Å². The van der Waals surface area contributed by atoms with Crippen molar-refractivity contribution in [3.8, 4) is 11.3 Å². The maximum atomic E-state index is 12.9. The number of carbonyl (C=O) groups excluding carboxylic acids is 2. The van der Waals surface area contributed by atoms with E-state index in [4.69, 9.17) is 9.15 Å². The number of rotatable bonds is 6. The van der Waals surface area contributed by atoms with Crippen molar-refractivity contribution in [1.29, 1.82) is 0 Å². The fourth-order valence-corrected chi connectivity index (χ4v) is 4.37. The van der Waals surface area contributed by atoms with Gasteiger partial charge in [-0.1, -0.05) is 0 Å². The van der Waals surface area contributed by atoms with E-state index in [0.29, 0.717) is 38.9 Å². The van der Waals surface area contributed by atoms with Crippen molar-refractivity contribution in [2.75, 3.05) is 11.9 Å². The number of ether oxygens (including phenoxy) is 1. The fourth-order valence-electron chi connectivity index (χ4n) is 3.41. The SMILES string of the molecule is CCOC(=O)c1c(-c2ccco2)csc1NC(=O)Cc1c(C)nc2cc(=O)[nH]n2c1C. The van der Waals surface area contributed by atoms with Crippen LogP contribution >= 0.6 is 11.3 Å². The second-order valence-electron chi connectivity index (χ2n) is 6.85. The molecule has 0 aliphatic heterocycles. The van der Waals surface area contributed by atoms with Gasteiger partial charge < -0.3 is 14.5 Å². The molecule has 4 heterocycles. The van der Waals surface area contributed by atoms with Crippen molar-refractivity contribution in [3.63, 3.8) is 0 Å². The number of aromatic nitrogens is 3. The summed E-state index contributed by atoms with van der Waals surface area (Å²) in [6.07, 6.45) is 1.54. The first-order chi connectivity index (χ1) is 14.9. The number of nitrogens with one attached hydrogen (secondary N) is 2. The highest BCUT2D eigenvalue weighted by Gasteiger charge is 2.24. The summed E-state index contributed by atoms with van der Waals surface area (Å²) >= 11 is 1.22. The van der Waals surface area contributed by atoms with E-state index < -0.39 is 5.97 Å². The Morgan fingerprint density at radius 2 is 2.16 bits per heavy atom. The number of fused-ring (bicyclic) bond motifs is 1. The number of esters is 1. The molecule has 0 aliphatic rings. The van der Waals surface area contributed by atoms with Crippen LogP contribution in [0.1, 0.15) is 34.2 Å². The number of H-pyrrole nitrogens is 1. The van der Waals surface area contributed by atoms with E-state index in [2.05, 4.69) is 15.4 Å². The van der Waals surface area contributed by atoms with Gasteiger partial charge in [0.25, 0.3) is 5.56 Å². The van der Waals surface area contributed by atoms with Crippen LogP contribution in [-0.2, 0) is 16.0 Å². The lowest BCUT2D eigenvalue weighted by molar-refractivity contribution is -0.115. The fraction of sp³-hybridized carbons (Fsp3) is 0.238. The number of carbonyl (C=O) groups is 2. The number of aryl methyl sites for hydroxylation is 2. The van der Waals surface area contributed by atoms with Crippen LogP contribution < -0.4 is 10.9 Å². The summed E-state index contributed by atoms with van der Waals surface area (Å²) in [5, 5.41) is 7.62. The van der Waals surface area contributed by atoms with E-state index in [9.17, 15) is 14.4 Å². The second kappa shape index (κ2) is 8.23. The Balaban J connectivity index is 1.64. The molecular weight excluding hydrogens is 420 g/mol. The first-order valence-corrected chi connectivity index (χ1v) is 10.5. The van der Waals surface area contributed by atoms with Gasteiger partial charge >= 0.3 is 5.97 Å². The molecule has 2 N–H and O–H groups in total. The largest absolute Gasteiger partial charge is 0.464 e. The minimum absolute atomic E-state index is 0.0249. The summed E-state index contributed by atoms with van der Waals surface area (Å²) in [4.78, 5) is 41.5. The molecule has 9 nitrogen and oxygen atoms in total. The van der Waals surface area contributed by atoms with Gasteiger partial charge in [-0.25, -0.2) is 14.3 Å². The third-order valence-corrected chi connectivity index (χ3v) is 5.75. The lowest BCUT2D eigenvalue weighted by Crippen LogP contribution is -2.19. The molecule has 0 radical (unpaired) electrons. The van der Waals surface area contributed by atoms with Gasteiger partial charge in [-0.05, 0) is 32.9 Å². The molecular formula is C21H20N4O5S. The van der Waals surface area contributed by atoms with Crippen molar-refractivity contribution < 1.29 is 18.7 Å².